The van der Waals surface area contributed by atoms with Crippen LogP contribution in [0.4, 0.5) is 18.9 Å². The van der Waals surface area contributed by atoms with Crippen LogP contribution in [0.2, 0.25) is 5.02 Å². The molecule has 1 saturated carbocycles. The van der Waals surface area contributed by atoms with Gasteiger partial charge in [0.15, 0.2) is 0 Å². The van der Waals surface area contributed by atoms with E-state index in [1.165, 1.54) is 12.1 Å². The lowest BCUT2D eigenvalue weighted by Gasteiger charge is -2.40. The third-order valence-corrected chi connectivity index (χ3v) is 6.71. The summed E-state index contributed by atoms with van der Waals surface area (Å²) >= 11 is 6.14. The molecule has 2 fully saturated rings. The quantitative estimate of drug-likeness (QED) is 0.634. The van der Waals surface area contributed by atoms with Crippen LogP contribution in [0.25, 0.3) is 0 Å². The molecule has 166 valence electrons. The van der Waals surface area contributed by atoms with Gasteiger partial charge in [-0.15, -0.1) is 0 Å². The molecule has 2 N–H and O–H groups in total. The predicted molar refractivity (Wildman–Crippen MR) is 108 cm³/mol. The summed E-state index contributed by atoms with van der Waals surface area (Å²) in [5.74, 6) is -3.54. The molecule has 1 aromatic rings. The molecule has 3 rings (SSSR count). The maximum Gasteiger partial charge on any atom is 0.393 e. The summed E-state index contributed by atoms with van der Waals surface area (Å²) in [5, 5.41) is 11.6. The monoisotopic (exact) mass is 446 g/mol. The van der Waals surface area contributed by atoms with E-state index >= 15 is 0 Å². The molecule has 1 heterocycles. The number of hydrogen-bond donors (Lipinski definition) is 2. The number of alkyl halides is 3. The Hall–Kier alpha value is -1.80. The average Bonchev–Trinajstić information content (AvgIpc) is 3.42. The first kappa shape index (κ1) is 22.9. The molecular weight excluding hydrogens is 421 g/mol. The fourth-order valence-corrected chi connectivity index (χ4v) is 4.29. The van der Waals surface area contributed by atoms with Crippen LogP contribution in [0.3, 0.4) is 0 Å². The van der Waals surface area contributed by atoms with Gasteiger partial charge in [0.2, 0.25) is 5.91 Å². The van der Waals surface area contributed by atoms with Crippen LogP contribution in [0.1, 0.15) is 44.6 Å². The second-order valence-electron chi connectivity index (χ2n) is 8.51. The number of nitrogens with zero attached hydrogens (tertiary/aromatic N) is 1. The number of amides is 1. The zero-order valence-electron chi connectivity index (χ0n) is 16.8. The zero-order valence-corrected chi connectivity index (χ0v) is 17.5. The summed E-state index contributed by atoms with van der Waals surface area (Å²) in [6.45, 7) is 1.96. The van der Waals surface area contributed by atoms with Crippen LogP contribution in [0.15, 0.2) is 18.2 Å². The van der Waals surface area contributed by atoms with Crippen molar-refractivity contribution in [3.05, 3.63) is 28.8 Å². The van der Waals surface area contributed by atoms with E-state index in [1.54, 1.807) is 11.0 Å². The van der Waals surface area contributed by atoms with Crippen LogP contribution < -0.4 is 5.32 Å². The topological polar surface area (TPSA) is 69.6 Å². The molecular formula is C21H26ClF3N2O3. The number of carboxylic acid groups (broad SMARTS) is 1. The molecule has 1 aliphatic carbocycles. The Kier molecular flexibility index (Phi) is 6.67. The first-order valence-electron chi connectivity index (χ1n) is 10.1. The number of halogens is 4. The largest absolute Gasteiger partial charge is 0.481 e. The van der Waals surface area contributed by atoms with Crippen molar-refractivity contribution < 1.29 is 27.9 Å². The van der Waals surface area contributed by atoms with Gasteiger partial charge in [-0.3, -0.25) is 14.5 Å². The SMILES string of the molecule is CC(C(C(=O)Nc1cc(CCC(=O)O)ccc1Cl)N1CCC2(CC1)CC2)C(F)(F)F. The molecule has 30 heavy (non-hydrogen) atoms. The minimum absolute atomic E-state index is 0.0989. The molecule has 2 unspecified atom stereocenters. The van der Waals surface area contributed by atoms with E-state index in [2.05, 4.69) is 5.32 Å². The van der Waals surface area contributed by atoms with E-state index in [4.69, 9.17) is 16.7 Å². The maximum atomic E-state index is 13.5. The molecule has 1 aromatic carbocycles. The number of rotatable bonds is 7. The molecule has 5 nitrogen and oxygen atoms in total. The second kappa shape index (κ2) is 8.75. The van der Waals surface area contributed by atoms with Crippen molar-refractivity contribution in [1.29, 1.82) is 0 Å². The fourth-order valence-electron chi connectivity index (χ4n) is 4.12. The van der Waals surface area contributed by atoms with Gasteiger partial charge in [0, 0.05) is 6.42 Å². The van der Waals surface area contributed by atoms with Gasteiger partial charge in [-0.25, -0.2) is 0 Å². The number of carbonyl (C=O) groups is 2. The molecule has 2 aliphatic rings. The van der Waals surface area contributed by atoms with Crippen LogP contribution in [-0.2, 0) is 16.0 Å². The number of likely N-dealkylation sites (tertiary alicyclic amines) is 1. The molecule has 2 atom stereocenters. The smallest absolute Gasteiger partial charge is 0.393 e. The molecule has 1 saturated heterocycles. The van der Waals surface area contributed by atoms with Gasteiger partial charge in [0.25, 0.3) is 0 Å². The first-order valence-corrected chi connectivity index (χ1v) is 10.5. The van der Waals surface area contributed by atoms with Crippen LogP contribution in [0, 0.1) is 11.3 Å². The van der Waals surface area contributed by atoms with E-state index in [0.29, 0.717) is 18.7 Å². The van der Waals surface area contributed by atoms with Crippen LogP contribution in [0.5, 0.6) is 0 Å². The van der Waals surface area contributed by atoms with Gasteiger partial charge in [-0.1, -0.05) is 24.6 Å². The lowest BCUT2D eigenvalue weighted by molar-refractivity contribution is -0.189. The van der Waals surface area contributed by atoms with Crippen molar-refractivity contribution in [3.63, 3.8) is 0 Å². The van der Waals surface area contributed by atoms with Gasteiger partial charge in [-0.2, -0.15) is 13.2 Å². The Morgan fingerprint density at radius 3 is 2.40 bits per heavy atom. The Morgan fingerprint density at radius 1 is 1.23 bits per heavy atom. The Balaban J connectivity index is 1.77. The fraction of sp³-hybridized carbons (Fsp3) is 0.619. The number of nitrogens with one attached hydrogen (secondary N) is 1. The van der Waals surface area contributed by atoms with Gasteiger partial charge in [0.1, 0.15) is 6.04 Å². The Bertz CT molecular complexity index is 801. The van der Waals surface area contributed by atoms with Crippen molar-refractivity contribution >= 4 is 29.2 Å². The minimum Gasteiger partial charge on any atom is -0.481 e. The number of hydrogen-bond acceptors (Lipinski definition) is 3. The minimum atomic E-state index is -4.51. The maximum absolute atomic E-state index is 13.5. The standard InChI is InChI=1S/C21H26ClF3N2O3/c1-13(21(23,24)25)18(27-10-8-20(6-7-20)9-11-27)19(30)26-16-12-14(2-4-15(16)22)3-5-17(28)29/h2,4,12-13,18H,3,5-11H2,1H3,(H,26,30)(H,28,29). The molecule has 1 aliphatic heterocycles. The molecule has 0 aromatic heterocycles. The van der Waals surface area contributed by atoms with E-state index in [1.807, 2.05) is 0 Å². The van der Waals surface area contributed by atoms with Crippen molar-refractivity contribution in [2.24, 2.45) is 11.3 Å². The number of anilines is 1. The second-order valence-corrected chi connectivity index (χ2v) is 8.92. The van der Waals surface area contributed by atoms with E-state index in [-0.39, 0.29) is 29.0 Å². The zero-order chi connectivity index (χ0) is 22.1. The van der Waals surface area contributed by atoms with Gasteiger partial charge >= 0.3 is 12.1 Å². The molecule has 0 radical (unpaired) electrons. The summed E-state index contributed by atoms with van der Waals surface area (Å²) in [4.78, 5) is 25.4. The summed E-state index contributed by atoms with van der Waals surface area (Å²) in [6.07, 6.45) is -0.524. The number of carboxylic acids is 1. The highest BCUT2D eigenvalue weighted by Crippen LogP contribution is 2.54. The molecule has 1 amide bonds. The van der Waals surface area contributed by atoms with Crippen LogP contribution >= 0.6 is 11.6 Å². The summed E-state index contributed by atoms with van der Waals surface area (Å²) < 4.78 is 40.6. The molecule has 0 bridgehead atoms. The number of benzene rings is 1. The third kappa shape index (κ3) is 5.46. The third-order valence-electron chi connectivity index (χ3n) is 6.38. The van der Waals surface area contributed by atoms with E-state index in [9.17, 15) is 22.8 Å². The predicted octanol–water partition coefficient (Wildman–Crippen LogP) is 4.74. The highest BCUT2D eigenvalue weighted by Gasteiger charge is 2.50. The van der Waals surface area contributed by atoms with Gasteiger partial charge in [-0.05, 0) is 68.3 Å². The number of carbonyl (C=O) groups excluding carboxylic acids is 1. The van der Waals surface area contributed by atoms with Crippen molar-refractivity contribution in [2.75, 3.05) is 18.4 Å². The van der Waals surface area contributed by atoms with Crippen molar-refractivity contribution in [3.8, 4) is 0 Å². The highest BCUT2D eigenvalue weighted by molar-refractivity contribution is 6.33. The van der Waals surface area contributed by atoms with Gasteiger partial charge in [0.05, 0.1) is 16.6 Å². The Morgan fingerprint density at radius 2 is 1.87 bits per heavy atom. The highest BCUT2D eigenvalue weighted by atomic mass is 35.5. The summed E-state index contributed by atoms with van der Waals surface area (Å²) in [7, 11) is 0. The number of piperidine rings is 1. The van der Waals surface area contributed by atoms with Crippen LogP contribution in [-0.4, -0.2) is 47.2 Å². The van der Waals surface area contributed by atoms with E-state index < -0.39 is 30.0 Å². The summed E-state index contributed by atoms with van der Waals surface area (Å²) in [6, 6.07) is 3.32. The van der Waals surface area contributed by atoms with E-state index in [0.717, 1.165) is 32.6 Å². The lowest BCUT2D eigenvalue weighted by Crippen LogP contribution is -2.54. The average molecular weight is 447 g/mol. The lowest BCUT2D eigenvalue weighted by atomic mass is 9.90. The molecule has 1 spiro atoms. The van der Waals surface area contributed by atoms with Gasteiger partial charge < -0.3 is 10.4 Å². The van der Waals surface area contributed by atoms with Crippen molar-refractivity contribution in [2.45, 2.75) is 57.7 Å². The first-order chi connectivity index (χ1) is 14.0. The Labute approximate surface area is 178 Å². The summed E-state index contributed by atoms with van der Waals surface area (Å²) in [5.41, 5.74) is 1.10. The normalized spacial score (nSPS) is 20.6. The van der Waals surface area contributed by atoms with Crippen molar-refractivity contribution in [1.82, 2.24) is 4.90 Å². The number of aryl methyl sites for hydroxylation is 1. The number of aliphatic carboxylic acids is 1. The molecule has 9 heteroatoms.